The predicted molar refractivity (Wildman–Crippen MR) is 112 cm³/mol. The van der Waals surface area contributed by atoms with Crippen LogP contribution < -0.4 is 4.90 Å². The van der Waals surface area contributed by atoms with Gasteiger partial charge in [0.05, 0.1) is 11.8 Å². The Morgan fingerprint density at radius 2 is 1.75 bits per heavy atom. The van der Waals surface area contributed by atoms with Gasteiger partial charge in [-0.05, 0) is 37.5 Å². The van der Waals surface area contributed by atoms with E-state index < -0.39 is 0 Å². The molecule has 2 atom stereocenters. The SMILES string of the molecule is Cc1ccc(N2CC[C@@H](N3CCN(CCc4ccccc4)CC3)[C@H](O)C2)nn1. The second-order valence-electron chi connectivity index (χ2n) is 8.02. The Morgan fingerprint density at radius 3 is 2.43 bits per heavy atom. The summed E-state index contributed by atoms with van der Waals surface area (Å²) in [6.45, 7) is 8.88. The Morgan fingerprint density at radius 1 is 0.964 bits per heavy atom. The van der Waals surface area contributed by atoms with Crippen LogP contribution in [0.1, 0.15) is 17.7 Å². The number of aryl methyl sites for hydroxylation is 1. The number of aliphatic hydroxyl groups excluding tert-OH is 1. The molecule has 6 nitrogen and oxygen atoms in total. The molecule has 2 aromatic rings. The van der Waals surface area contributed by atoms with Gasteiger partial charge in [0, 0.05) is 51.9 Å². The van der Waals surface area contributed by atoms with Crippen LogP contribution >= 0.6 is 0 Å². The molecular weight excluding hydrogens is 350 g/mol. The van der Waals surface area contributed by atoms with E-state index in [4.69, 9.17) is 0 Å². The van der Waals surface area contributed by atoms with Crippen molar-refractivity contribution < 1.29 is 5.11 Å². The first-order valence-electron chi connectivity index (χ1n) is 10.4. The van der Waals surface area contributed by atoms with E-state index in [1.165, 1.54) is 5.56 Å². The zero-order chi connectivity index (χ0) is 19.3. The van der Waals surface area contributed by atoms with Crippen LogP contribution in [0.4, 0.5) is 5.82 Å². The van der Waals surface area contributed by atoms with Crippen LogP contribution in [0.3, 0.4) is 0 Å². The highest BCUT2D eigenvalue weighted by molar-refractivity contribution is 5.38. The number of β-amino-alcohol motifs (C(OH)–C–C–N with tert-alkyl or cyclic N) is 1. The van der Waals surface area contributed by atoms with E-state index in [0.717, 1.165) is 63.6 Å². The zero-order valence-corrected chi connectivity index (χ0v) is 16.7. The maximum Gasteiger partial charge on any atom is 0.151 e. The zero-order valence-electron chi connectivity index (χ0n) is 16.7. The van der Waals surface area contributed by atoms with Crippen molar-refractivity contribution in [3.8, 4) is 0 Å². The summed E-state index contributed by atoms with van der Waals surface area (Å²) in [6, 6.07) is 15.0. The van der Waals surface area contributed by atoms with Gasteiger partial charge in [-0.1, -0.05) is 30.3 Å². The Balaban J connectivity index is 1.24. The second-order valence-corrected chi connectivity index (χ2v) is 8.02. The van der Waals surface area contributed by atoms with Crippen LogP contribution in [-0.4, -0.2) is 83.1 Å². The lowest BCUT2D eigenvalue weighted by atomic mass is 9.99. The summed E-state index contributed by atoms with van der Waals surface area (Å²) in [6.07, 6.45) is 1.74. The third kappa shape index (κ3) is 4.69. The number of piperazine rings is 1. The number of nitrogens with zero attached hydrogens (tertiary/aromatic N) is 5. The van der Waals surface area contributed by atoms with E-state index >= 15 is 0 Å². The number of rotatable bonds is 5. The third-order valence-electron chi connectivity index (χ3n) is 6.09. The van der Waals surface area contributed by atoms with E-state index in [2.05, 4.69) is 55.2 Å². The van der Waals surface area contributed by atoms with E-state index in [-0.39, 0.29) is 12.1 Å². The van der Waals surface area contributed by atoms with Crippen LogP contribution in [0, 0.1) is 6.92 Å². The van der Waals surface area contributed by atoms with Crippen molar-refractivity contribution in [2.75, 3.05) is 50.7 Å². The van der Waals surface area contributed by atoms with Crippen LogP contribution in [0.2, 0.25) is 0 Å². The summed E-state index contributed by atoms with van der Waals surface area (Å²) in [7, 11) is 0. The number of aromatic nitrogens is 2. The largest absolute Gasteiger partial charge is 0.390 e. The van der Waals surface area contributed by atoms with E-state index in [9.17, 15) is 5.11 Å². The highest BCUT2D eigenvalue weighted by atomic mass is 16.3. The number of aliphatic hydroxyl groups is 1. The maximum absolute atomic E-state index is 10.8. The molecule has 1 N–H and O–H groups in total. The van der Waals surface area contributed by atoms with Crippen LogP contribution in [0.15, 0.2) is 42.5 Å². The fraction of sp³-hybridized carbons (Fsp3) is 0.545. The van der Waals surface area contributed by atoms with Crippen LogP contribution in [0.5, 0.6) is 0 Å². The monoisotopic (exact) mass is 381 g/mol. The van der Waals surface area contributed by atoms with Crippen LogP contribution in [-0.2, 0) is 6.42 Å². The van der Waals surface area contributed by atoms with Crippen molar-refractivity contribution >= 4 is 5.82 Å². The van der Waals surface area contributed by atoms with Crippen molar-refractivity contribution in [3.05, 3.63) is 53.7 Å². The van der Waals surface area contributed by atoms with Gasteiger partial charge in [0.15, 0.2) is 5.82 Å². The molecule has 4 rings (SSSR count). The molecule has 2 fully saturated rings. The summed E-state index contributed by atoms with van der Waals surface area (Å²) >= 11 is 0. The fourth-order valence-corrected chi connectivity index (χ4v) is 4.36. The molecule has 3 heterocycles. The molecule has 1 aromatic heterocycles. The smallest absolute Gasteiger partial charge is 0.151 e. The average molecular weight is 382 g/mol. The van der Waals surface area contributed by atoms with E-state index in [1.54, 1.807) is 0 Å². The lowest BCUT2D eigenvalue weighted by molar-refractivity contribution is 0.00965. The molecule has 2 saturated heterocycles. The highest BCUT2D eigenvalue weighted by Gasteiger charge is 2.34. The summed E-state index contributed by atoms with van der Waals surface area (Å²) in [5, 5.41) is 19.2. The van der Waals surface area contributed by atoms with Gasteiger partial charge >= 0.3 is 0 Å². The summed E-state index contributed by atoms with van der Waals surface area (Å²) < 4.78 is 0. The third-order valence-corrected chi connectivity index (χ3v) is 6.09. The first kappa shape index (κ1) is 19.3. The van der Waals surface area contributed by atoms with Gasteiger partial charge in [-0.2, -0.15) is 5.10 Å². The van der Waals surface area contributed by atoms with Gasteiger partial charge in [-0.3, -0.25) is 4.90 Å². The number of piperidine rings is 1. The number of hydrogen-bond acceptors (Lipinski definition) is 6. The van der Waals surface area contributed by atoms with Crippen molar-refractivity contribution in [2.24, 2.45) is 0 Å². The molecule has 2 aliphatic rings. The van der Waals surface area contributed by atoms with Gasteiger partial charge in [0.25, 0.3) is 0 Å². The Labute approximate surface area is 167 Å². The normalized spacial score (nSPS) is 24.4. The minimum atomic E-state index is -0.340. The standard InChI is InChI=1S/C22H31N5O/c1-18-7-8-22(24-23-18)27-12-10-20(21(28)17-27)26-15-13-25(14-16-26)11-9-19-5-3-2-4-6-19/h2-8,20-21,28H,9-17H2,1H3/t20-,21-/m1/s1. The Bertz CT molecular complexity index is 730. The molecule has 0 amide bonds. The Kier molecular flexibility index (Phi) is 6.20. The lowest BCUT2D eigenvalue weighted by Gasteiger charge is -2.45. The number of hydrogen-bond donors (Lipinski definition) is 1. The minimum absolute atomic E-state index is 0.255. The average Bonchev–Trinajstić information content (AvgIpc) is 2.74. The van der Waals surface area contributed by atoms with Gasteiger partial charge in [-0.15, -0.1) is 5.10 Å². The molecule has 0 unspecified atom stereocenters. The molecule has 150 valence electrons. The molecule has 2 aliphatic heterocycles. The first-order chi connectivity index (χ1) is 13.7. The Hall–Kier alpha value is -2.02. The molecule has 1 aromatic carbocycles. The van der Waals surface area contributed by atoms with Gasteiger partial charge in [-0.25, -0.2) is 0 Å². The van der Waals surface area contributed by atoms with Crippen molar-refractivity contribution in [2.45, 2.75) is 31.9 Å². The molecule has 0 aliphatic carbocycles. The van der Waals surface area contributed by atoms with E-state index in [1.807, 2.05) is 19.1 Å². The van der Waals surface area contributed by atoms with E-state index in [0.29, 0.717) is 6.54 Å². The van der Waals surface area contributed by atoms with Gasteiger partial charge < -0.3 is 14.9 Å². The van der Waals surface area contributed by atoms with Gasteiger partial charge in [0.2, 0.25) is 0 Å². The molecule has 0 radical (unpaired) electrons. The molecule has 28 heavy (non-hydrogen) atoms. The topological polar surface area (TPSA) is 55.7 Å². The molecule has 0 spiro atoms. The fourth-order valence-electron chi connectivity index (χ4n) is 4.36. The second kappa shape index (κ2) is 8.99. The summed E-state index contributed by atoms with van der Waals surface area (Å²) in [5.74, 6) is 0.869. The first-order valence-corrected chi connectivity index (χ1v) is 10.4. The molecule has 0 bridgehead atoms. The van der Waals surface area contributed by atoms with Crippen molar-refractivity contribution in [1.29, 1.82) is 0 Å². The quantitative estimate of drug-likeness (QED) is 0.849. The number of benzene rings is 1. The summed E-state index contributed by atoms with van der Waals surface area (Å²) in [4.78, 5) is 7.19. The predicted octanol–water partition coefficient (Wildman–Crippen LogP) is 1.58. The van der Waals surface area contributed by atoms with Crippen molar-refractivity contribution in [3.63, 3.8) is 0 Å². The molecule has 0 saturated carbocycles. The number of anilines is 1. The molecular formula is C22H31N5O. The lowest BCUT2D eigenvalue weighted by Crippen LogP contribution is -2.59. The summed E-state index contributed by atoms with van der Waals surface area (Å²) in [5.41, 5.74) is 2.33. The maximum atomic E-state index is 10.8. The van der Waals surface area contributed by atoms with Crippen molar-refractivity contribution in [1.82, 2.24) is 20.0 Å². The van der Waals surface area contributed by atoms with Gasteiger partial charge in [0.1, 0.15) is 0 Å². The highest BCUT2D eigenvalue weighted by Crippen LogP contribution is 2.22. The van der Waals surface area contributed by atoms with Crippen LogP contribution in [0.25, 0.3) is 0 Å². The molecule has 6 heteroatoms. The minimum Gasteiger partial charge on any atom is -0.390 e.